The molecule has 0 spiro atoms. The van der Waals surface area contributed by atoms with E-state index in [9.17, 15) is 9.90 Å². The molecular formula is C14H17N3O2S. The first-order valence-electron chi connectivity index (χ1n) is 6.56. The van der Waals surface area contributed by atoms with Gasteiger partial charge in [0.1, 0.15) is 17.6 Å². The summed E-state index contributed by atoms with van der Waals surface area (Å²) in [6, 6.07) is 3.29. The lowest BCUT2D eigenvalue weighted by Crippen LogP contribution is -2.29. The molecule has 2 heterocycles. The molecule has 0 bridgehead atoms. The predicted octanol–water partition coefficient (Wildman–Crippen LogP) is 3.26. The third kappa shape index (κ3) is 3.77. The van der Waals surface area contributed by atoms with E-state index in [1.807, 2.05) is 24.4 Å². The van der Waals surface area contributed by atoms with Crippen LogP contribution in [-0.4, -0.2) is 27.1 Å². The van der Waals surface area contributed by atoms with E-state index in [1.165, 1.54) is 0 Å². The van der Waals surface area contributed by atoms with E-state index in [4.69, 9.17) is 0 Å². The number of nitrogens with one attached hydrogen (secondary N) is 1. The number of hydrogen-bond acceptors (Lipinski definition) is 5. The SMILES string of the molecule is CCCCC(Nc1cncc(-c2cccs2)n1)C(=O)O. The molecule has 5 nitrogen and oxygen atoms in total. The minimum atomic E-state index is -0.859. The fraction of sp³-hybridized carbons (Fsp3) is 0.357. The number of hydrogen-bond donors (Lipinski definition) is 2. The van der Waals surface area contributed by atoms with E-state index in [2.05, 4.69) is 15.3 Å². The van der Waals surface area contributed by atoms with Gasteiger partial charge in [-0.1, -0.05) is 25.8 Å². The molecule has 0 saturated heterocycles. The molecule has 0 aliphatic rings. The normalized spacial score (nSPS) is 12.1. The lowest BCUT2D eigenvalue weighted by Gasteiger charge is -2.14. The number of unbranched alkanes of at least 4 members (excludes halogenated alkanes) is 1. The van der Waals surface area contributed by atoms with Crippen LogP contribution in [0.25, 0.3) is 10.6 Å². The van der Waals surface area contributed by atoms with Gasteiger partial charge in [0.25, 0.3) is 0 Å². The highest BCUT2D eigenvalue weighted by molar-refractivity contribution is 7.13. The Morgan fingerprint density at radius 1 is 1.50 bits per heavy atom. The maximum atomic E-state index is 11.2. The molecule has 0 saturated carbocycles. The summed E-state index contributed by atoms with van der Waals surface area (Å²) >= 11 is 1.58. The molecule has 2 aromatic rings. The van der Waals surface area contributed by atoms with Gasteiger partial charge in [0, 0.05) is 0 Å². The van der Waals surface area contributed by atoms with Crippen LogP contribution < -0.4 is 5.32 Å². The fourth-order valence-electron chi connectivity index (χ4n) is 1.82. The molecule has 0 aliphatic heterocycles. The molecule has 0 radical (unpaired) electrons. The monoisotopic (exact) mass is 291 g/mol. The second kappa shape index (κ2) is 7.00. The molecule has 1 unspecified atom stereocenters. The lowest BCUT2D eigenvalue weighted by molar-refractivity contribution is -0.138. The number of aromatic nitrogens is 2. The first-order chi connectivity index (χ1) is 9.70. The van der Waals surface area contributed by atoms with Gasteiger partial charge in [0.05, 0.1) is 17.3 Å². The van der Waals surface area contributed by atoms with Crippen molar-refractivity contribution >= 4 is 23.1 Å². The van der Waals surface area contributed by atoms with Gasteiger partial charge in [0.2, 0.25) is 0 Å². The Kier molecular flexibility index (Phi) is 5.06. The van der Waals surface area contributed by atoms with Crippen molar-refractivity contribution in [1.82, 2.24) is 9.97 Å². The summed E-state index contributed by atoms with van der Waals surface area (Å²) in [5, 5.41) is 14.1. The Balaban J connectivity index is 2.12. The number of rotatable bonds is 7. The second-order valence-electron chi connectivity index (χ2n) is 4.44. The predicted molar refractivity (Wildman–Crippen MR) is 79.9 cm³/mol. The summed E-state index contributed by atoms with van der Waals surface area (Å²) in [6.45, 7) is 2.04. The zero-order valence-electron chi connectivity index (χ0n) is 11.2. The number of carboxylic acid groups (broad SMARTS) is 1. The number of anilines is 1. The van der Waals surface area contributed by atoms with Crippen molar-refractivity contribution in [2.75, 3.05) is 5.32 Å². The number of thiophene rings is 1. The Labute approximate surface area is 121 Å². The molecule has 0 fully saturated rings. The van der Waals surface area contributed by atoms with Gasteiger partial charge in [-0.15, -0.1) is 11.3 Å². The topological polar surface area (TPSA) is 75.1 Å². The summed E-state index contributed by atoms with van der Waals surface area (Å²) in [5.41, 5.74) is 0.754. The number of carboxylic acids is 1. The molecule has 0 amide bonds. The molecule has 2 rings (SSSR count). The standard InChI is InChI=1S/C14H17N3O2S/c1-2-3-5-10(14(18)19)16-13-9-15-8-11(17-13)12-6-4-7-20-12/h4,6-10H,2-3,5H2,1H3,(H,16,17)(H,18,19). The molecule has 0 aliphatic carbocycles. The van der Waals surface area contributed by atoms with Crippen LogP contribution in [0.3, 0.4) is 0 Å². The molecular weight excluding hydrogens is 274 g/mol. The average Bonchev–Trinajstić information content (AvgIpc) is 2.97. The molecule has 2 aromatic heterocycles. The lowest BCUT2D eigenvalue weighted by atomic mass is 10.1. The first-order valence-corrected chi connectivity index (χ1v) is 7.44. The van der Waals surface area contributed by atoms with Crippen LogP contribution >= 0.6 is 11.3 Å². The molecule has 106 valence electrons. The van der Waals surface area contributed by atoms with E-state index in [0.29, 0.717) is 12.2 Å². The largest absolute Gasteiger partial charge is 0.480 e. The number of aliphatic carboxylic acids is 1. The van der Waals surface area contributed by atoms with Gasteiger partial charge in [-0.25, -0.2) is 9.78 Å². The Bertz CT molecular complexity index is 557. The highest BCUT2D eigenvalue weighted by Gasteiger charge is 2.17. The van der Waals surface area contributed by atoms with E-state index in [-0.39, 0.29) is 0 Å². The summed E-state index contributed by atoms with van der Waals surface area (Å²) in [6.07, 6.45) is 5.64. The summed E-state index contributed by atoms with van der Waals surface area (Å²) in [7, 11) is 0. The quantitative estimate of drug-likeness (QED) is 0.819. The fourth-order valence-corrected chi connectivity index (χ4v) is 2.50. The van der Waals surface area contributed by atoms with Crippen LogP contribution in [0.2, 0.25) is 0 Å². The first kappa shape index (κ1) is 14.5. The van der Waals surface area contributed by atoms with Crippen LogP contribution in [0.4, 0.5) is 5.82 Å². The Morgan fingerprint density at radius 3 is 3.00 bits per heavy atom. The Morgan fingerprint density at radius 2 is 2.35 bits per heavy atom. The smallest absolute Gasteiger partial charge is 0.326 e. The van der Waals surface area contributed by atoms with Crippen LogP contribution in [0, 0.1) is 0 Å². The minimum absolute atomic E-state index is 0.499. The van der Waals surface area contributed by atoms with Crippen LogP contribution in [0.15, 0.2) is 29.9 Å². The van der Waals surface area contributed by atoms with Crippen molar-refractivity contribution < 1.29 is 9.90 Å². The van der Waals surface area contributed by atoms with Gasteiger partial charge >= 0.3 is 5.97 Å². The zero-order valence-corrected chi connectivity index (χ0v) is 12.1. The minimum Gasteiger partial charge on any atom is -0.480 e. The molecule has 2 N–H and O–H groups in total. The summed E-state index contributed by atoms with van der Waals surface area (Å²) in [5.74, 6) is -0.360. The highest BCUT2D eigenvalue weighted by Crippen LogP contribution is 2.23. The molecule has 0 aromatic carbocycles. The van der Waals surface area contributed by atoms with E-state index in [0.717, 1.165) is 23.4 Å². The molecule has 20 heavy (non-hydrogen) atoms. The maximum Gasteiger partial charge on any atom is 0.326 e. The van der Waals surface area contributed by atoms with Crippen LogP contribution in [-0.2, 0) is 4.79 Å². The van der Waals surface area contributed by atoms with Gasteiger partial charge in [0.15, 0.2) is 0 Å². The number of carbonyl (C=O) groups is 1. The zero-order chi connectivity index (χ0) is 14.4. The van der Waals surface area contributed by atoms with Gasteiger partial charge in [-0.05, 0) is 17.9 Å². The highest BCUT2D eigenvalue weighted by atomic mass is 32.1. The van der Waals surface area contributed by atoms with Crippen molar-refractivity contribution in [3.8, 4) is 10.6 Å². The molecule has 1 atom stereocenters. The van der Waals surface area contributed by atoms with E-state index >= 15 is 0 Å². The van der Waals surface area contributed by atoms with Crippen molar-refractivity contribution in [2.45, 2.75) is 32.2 Å². The van der Waals surface area contributed by atoms with Gasteiger partial charge in [-0.3, -0.25) is 4.98 Å². The third-order valence-electron chi connectivity index (χ3n) is 2.87. The van der Waals surface area contributed by atoms with Crippen LogP contribution in [0.5, 0.6) is 0 Å². The van der Waals surface area contributed by atoms with Gasteiger partial charge < -0.3 is 10.4 Å². The molecule has 6 heteroatoms. The average molecular weight is 291 g/mol. The Hall–Kier alpha value is -1.95. The summed E-state index contributed by atoms with van der Waals surface area (Å²) in [4.78, 5) is 20.8. The van der Waals surface area contributed by atoms with E-state index in [1.54, 1.807) is 23.7 Å². The van der Waals surface area contributed by atoms with Crippen molar-refractivity contribution in [3.05, 3.63) is 29.9 Å². The van der Waals surface area contributed by atoms with E-state index < -0.39 is 12.0 Å². The number of nitrogens with zero attached hydrogens (tertiary/aromatic N) is 2. The summed E-state index contributed by atoms with van der Waals surface area (Å²) < 4.78 is 0. The van der Waals surface area contributed by atoms with Crippen molar-refractivity contribution in [3.63, 3.8) is 0 Å². The van der Waals surface area contributed by atoms with Crippen LogP contribution in [0.1, 0.15) is 26.2 Å². The second-order valence-corrected chi connectivity index (χ2v) is 5.39. The van der Waals surface area contributed by atoms with Gasteiger partial charge in [-0.2, -0.15) is 0 Å². The van der Waals surface area contributed by atoms with Crippen molar-refractivity contribution in [1.29, 1.82) is 0 Å². The third-order valence-corrected chi connectivity index (χ3v) is 3.77. The maximum absolute atomic E-state index is 11.2. The van der Waals surface area contributed by atoms with Crippen molar-refractivity contribution in [2.24, 2.45) is 0 Å².